The first kappa shape index (κ1) is 15.9. The van der Waals surface area contributed by atoms with E-state index in [4.69, 9.17) is 0 Å². The van der Waals surface area contributed by atoms with E-state index in [0.29, 0.717) is 12.5 Å². The van der Waals surface area contributed by atoms with Gasteiger partial charge in [0.1, 0.15) is 5.82 Å². The van der Waals surface area contributed by atoms with Gasteiger partial charge < -0.3 is 10.6 Å². The summed E-state index contributed by atoms with van der Waals surface area (Å²) in [5.74, 6) is 0.847. The number of aromatic nitrogens is 2. The van der Waals surface area contributed by atoms with Gasteiger partial charge in [-0.2, -0.15) is 0 Å². The first-order valence-electron chi connectivity index (χ1n) is 8.12. The standard InChI is InChI=1S/C17H22N4OS/c1-12-7-8-18-15(9-12)21-17-20-14(11-23-17)10-16(22)19-13-5-3-2-4-6-13/h7-9,11,13H,2-6,10H2,1H3,(H,19,22)(H,18,20,21). The normalized spacial score (nSPS) is 15.3. The minimum Gasteiger partial charge on any atom is -0.353 e. The van der Waals surface area contributed by atoms with Crippen LogP contribution >= 0.6 is 11.3 Å². The summed E-state index contributed by atoms with van der Waals surface area (Å²) >= 11 is 1.50. The molecule has 1 aliphatic rings. The lowest BCUT2D eigenvalue weighted by molar-refractivity contribution is -0.121. The van der Waals surface area contributed by atoms with Crippen molar-refractivity contribution in [2.75, 3.05) is 5.32 Å². The molecule has 2 heterocycles. The van der Waals surface area contributed by atoms with Crippen LogP contribution in [0.3, 0.4) is 0 Å². The number of carbonyl (C=O) groups excluding carboxylic acids is 1. The molecule has 0 aliphatic heterocycles. The summed E-state index contributed by atoms with van der Waals surface area (Å²) in [5.41, 5.74) is 1.95. The number of anilines is 2. The SMILES string of the molecule is Cc1ccnc(Nc2nc(CC(=O)NC3CCCCC3)cs2)c1. The quantitative estimate of drug-likeness (QED) is 0.879. The predicted octanol–water partition coefficient (Wildman–Crippen LogP) is 3.58. The Hall–Kier alpha value is -1.95. The lowest BCUT2D eigenvalue weighted by Gasteiger charge is -2.22. The number of pyridine rings is 1. The Morgan fingerprint density at radius 1 is 1.35 bits per heavy atom. The minimum atomic E-state index is 0.0717. The maximum Gasteiger partial charge on any atom is 0.226 e. The second kappa shape index (κ2) is 7.55. The van der Waals surface area contributed by atoms with E-state index in [1.807, 2.05) is 24.4 Å². The molecule has 0 unspecified atom stereocenters. The van der Waals surface area contributed by atoms with E-state index in [1.54, 1.807) is 6.20 Å². The molecule has 1 fully saturated rings. The number of rotatable bonds is 5. The summed E-state index contributed by atoms with van der Waals surface area (Å²) in [6.45, 7) is 2.02. The lowest BCUT2D eigenvalue weighted by atomic mass is 9.95. The fourth-order valence-corrected chi connectivity index (χ4v) is 3.57. The zero-order valence-corrected chi connectivity index (χ0v) is 14.2. The van der Waals surface area contributed by atoms with E-state index >= 15 is 0 Å². The maximum absolute atomic E-state index is 12.1. The fourth-order valence-electron chi connectivity index (χ4n) is 2.85. The van der Waals surface area contributed by atoms with Crippen molar-refractivity contribution >= 4 is 28.2 Å². The molecule has 0 spiro atoms. The fraction of sp³-hybridized carbons (Fsp3) is 0.471. The van der Waals surface area contributed by atoms with Crippen molar-refractivity contribution in [2.24, 2.45) is 0 Å². The highest BCUT2D eigenvalue weighted by molar-refractivity contribution is 7.13. The van der Waals surface area contributed by atoms with Crippen LogP contribution in [0.4, 0.5) is 10.9 Å². The van der Waals surface area contributed by atoms with Crippen LogP contribution in [0.5, 0.6) is 0 Å². The van der Waals surface area contributed by atoms with Gasteiger partial charge in [0.2, 0.25) is 5.91 Å². The molecule has 23 heavy (non-hydrogen) atoms. The van der Waals surface area contributed by atoms with Gasteiger partial charge in [-0.15, -0.1) is 11.3 Å². The monoisotopic (exact) mass is 330 g/mol. The number of aryl methyl sites for hydroxylation is 1. The third-order valence-corrected chi connectivity index (χ3v) is 4.82. The zero-order chi connectivity index (χ0) is 16.1. The maximum atomic E-state index is 12.1. The van der Waals surface area contributed by atoms with Crippen molar-refractivity contribution in [1.82, 2.24) is 15.3 Å². The number of nitrogens with zero attached hydrogens (tertiary/aromatic N) is 2. The molecule has 0 saturated heterocycles. The van der Waals surface area contributed by atoms with Crippen molar-refractivity contribution in [3.8, 4) is 0 Å². The molecule has 0 radical (unpaired) electrons. The molecular formula is C17H22N4OS. The highest BCUT2D eigenvalue weighted by Gasteiger charge is 2.16. The largest absolute Gasteiger partial charge is 0.353 e. The van der Waals surface area contributed by atoms with Crippen LogP contribution in [-0.2, 0) is 11.2 Å². The summed E-state index contributed by atoms with van der Waals surface area (Å²) in [7, 11) is 0. The average molecular weight is 330 g/mol. The summed E-state index contributed by atoms with van der Waals surface area (Å²) in [5, 5.41) is 9.01. The number of carbonyl (C=O) groups is 1. The number of thiazole rings is 1. The topological polar surface area (TPSA) is 66.9 Å². The summed E-state index contributed by atoms with van der Waals surface area (Å²) in [6.07, 6.45) is 8.06. The second-order valence-corrected chi connectivity index (χ2v) is 6.92. The van der Waals surface area contributed by atoms with Crippen LogP contribution in [0.2, 0.25) is 0 Å². The Labute approximate surface area is 140 Å². The van der Waals surface area contributed by atoms with E-state index in [-0.39, 0.29) is 5.91 Å². The van der Waals surface area contributed by atoms with Crippen LogP contribution in [-0.4, -0.2) is 21.9 Å². The molecule has 3 rings (SSSR count). The van der Waals surface area contributed by atoms with Crippen LogP contribution in [0.15, 0.2) is 23.7 Å². The zero-order valence-electron chi connectivity index (χ0n) is 13.3. The molecule has 0 bridgehead atoms. The molecule has 1 aliphatic carbocycles. The number of amides is 1. The molecule has 6 heteroatoms. The van der Waals surface area contributed by atoms with Crippen LogP contribution in [0, 0.1) is 6.92 Å². The number of hydrogen-bond acceptors (Lipinski definition) is 5. The first-order valence-corrected chi connectivity index (χ1v) is 9.00. The smallest absolute Gasteiger partial charge is 0.226 e. The average Bonchev–Trinajstić information content (AvgIpc) is 2.95. The van der Waals surface area contributed by atoms with Crippen molar-refractivity contribution in [2.45, 2.75) is 51.5 Å². The van der Waals surface area contributed by atoms with E-state index in [2.05, 4.69) is 20.6 Å². The van der Waals surface area contributed by atoms with E-state index < -0.39 is 0 Å². The molecule has 1 saturated carbocycles. The third-order valence-electron chi connectivity index (χ3n) is 4.01. The Morgan fingerprint density at radius 3 is 2.96 bits per heavy atom. The predicted molar refractivity (Wildman–Crippen MR) is 93.1 cm³/mol. The van der Waals surface area contributed by atoms with Gasteiger partial charge in [0.15, 0.2) is 5.13 Å². The van der Waals surface area contributed by atoms with E-state index in [9.17, 15) is 4.79 Å². The molecule has 122 valence electrons. The Bertz CT molecular complexity index is 664. The molecule has 2 aromatic rings. The number of nitrogens with one attached hydrogen (secondary N) is 2. The molecule has 0 aromatic carbocycles. The molecule has 0 atom stereocenters. The second-order valence-electron chi connectivity index (χ2n) is 6.07. The van der Waals surface area contributed by atoms with Gasteiger partial charge in [-0.25, -0.2) is 9.97 Å². The van der Waals surface area contributed by atoms with Crippen LogP contribution in [0.1, 0.15) is 43.4 Å². The van der Waals surface area contributed by atoms with Gasteiger partial charge in [-0.3, -0.25) is 4.79 Å². The molecule has 2 aromatic heterocycles. The highest BCUT2D eigenvalue weighted by atomic mass is 32.1. The van der Waals surface area contributed by atoms with Crippen molar-refractivity contribution < 1.29 is 4.79 Å². The molecular weight excluding hydrogens is 308 g/mol. The Morgan fingerprint density at radius 2 is 2.17 bits per heavy atom. The van der Waals surface area contributed by atoms with Crippen molar-refractivity contribution in [3.05, 3.63) is 35.0 Å². The molecule has 5 nitrogen and oxygen atoms in total. The molecule has 1 amide bonds. The van der Waals surface area contributed by atoms with Crippen LogP contribution < -0.4 is 10.6 Å². The van der Waals surface area contributed by atoms with E-state index in [1.165, 1.54) is 30.6 Å². The van der Waals surface area contributed by atoms with Crippen molar-refractivity contribution in [3.63, 3.8) is 0 Å². The van der Waals surface area contributed by atoms with Gasteiger partial charge in [0.05, 0.1) is 12.1 Å². The van der Waals surface area contributed by atoms with E-state index in [0.717, 1.165) is 35.0 Å². The Kier molecular flexibility index (Phi) is 5.23. The van der Waals surface area contributed by atoms with Crippen LogP contribution in [0.25, 0.3) is 0 Å². The van der Waals surface area contributed by atoms with Gasteiger partial charge >= 0.3 is 0 Å². The molecule has 2 N–H and O–H groups in total. The van der Waals surface area contributed by atoms with Gasteiger partial charge in [0, 0.05) is 17.6 Å². The number of hydrogen-bond donors (Lipinski definition) is 2. The summed E-state index contributed by atoms with van der Waals surface area (Å²) in [6, 6.07) is 4.27. The van der Waals surface area contributed by atoms with Gasteiger partial charge in [-0.05, 0) is 37.5 Å². The Balaban J connectivity index is 1.53. The minimum absolute atomic E-state index is 0.0717. The van der Waals surface area contributed by atoms with Gasteiger partial charge in [-0.1, -0.05) is 19.3 Å². The third kappa shape index (κ3) is 4.76. The highest BCUT2D eigenvalue weighted by Crippen LogP contribution is 2.21. The van der Waals surface area contributed by atoms with Crippen molar-refractivity contribution in [1.29, 1.82) is 0 Å². The summed E-state index contributed by atoms with van der Waals surface area (Å²) < 4.78 is 0. The first-order chi connectivity index (χ1) is 11.2. The summed E-state index contributed by atoms with van der Waals surface area (Å²) in [4.78, 5) is 20.8. The lowest BCUT2D eigenvalue weighted by Crippen LogP contribution is -2.37. The van der Waals surface area contributed by atoms with Gasteiger partial charge in [0.25, 0.3) is 0 Å².